The zero-order chi connectivity index (χ0) is 11.0. The second kappa shape index (κ2) is 3.57. The third kappa shape index (κ3) is 1.96. The van der Waals surface area contributed by atoms with E-state index in [1.54, 1.807) is 0 Å². The van der Waals surface area contributed by atoms with Crippen molar-refractivity contribution in [3.8, 4) is 0 Å². The molecule has 80 valence electrons. The van der Waals surface area contributed by atoms with Gasteiger partial charge in [-0.1, -0.05) is 6.07 Å². The highest BCUT2D eigenvalue weighted by Gasteiger charge is 2.22. The van der Waals surface area contributed by atoms with Crippen molar-refractivity contribution in [2.75, 3.05) is 5.01 Å². The largest absolute Gasteiger partial charge is 0.386 e. The van der Waals surface area contributed by atoms with E-state index in [2.05, 4.69) is 44.1 Å². The highest BCUT2D eigenvalue weighted by atomic mass is 15.5. The Morgan fingerprint density at radius 3 is 2.33 bits per heavy atom. The summed E-state index contributed by atoms with van der Waals surface area (Å²) in [6, 6.07) is 6.82. The first-order chi connectivity index (χ1) is 7.06. The minimum Gasteiger partial charge on any atom is -0.386 e. The lowest BCUT2D eigenvalue weighted by atomic mass is 10.1. The van der Waals surface area contributed by atoms with Crippen molar-refractivity contribution in [2.24, 2.45) is 10.8 Å². The van der Waals surface area contributed by atoms with Crippen molar-refractivity contribution in [3.63, 3.8) is 0 Å². The number of amidine groups is 1. The maximum Gasteiger partial charge on any atom is 0.122 e. The maximum absolute atomic E-state index is 5.74. The number of hydrogen-bond donors (Lipinski definition) is 1. The molecule has 1 heterocycles. The van der Waals surface area contributed by atoms with Gasteiger partial charge in [0, 0.05) is 6.42 Å². The molecule has 15 heavy (non-hydrogen) atoms. The van der Waals surface area contributed by atoms with Gasteiger partial charge in [-0.25, -0.2) is 0 Å². The Bertz CT molecular complexity index is 389. The van der Waals surface area contributed by atoms with Crippen LogP contribution < -0.4 is 10.7 Å². The molecule has 3 nitrogen and oxygen atoms in total. The smallest absolute Gasteiger partial charge is 0.122 e. The summed E-state index contributed by atoms with van der Waals surface area (Å²) < 4.78 is 0. The molecule has 1 unspecified atom stereocenters. The summed E-state index contributed by atoms with van der Waals surface area (Å²) in [5.74, 6) is 0.724. The number of benzene rings is 1. The van der Waals surface area contributed by atoms with Gasteiger partial charge in [-0.2, -0.15) is 5.10 Å². The van der Waals surface area contributed by atoms with Gasteiger partial charge in [-0.05, 0) is 44.0 Å². The Morgan fingerprint density at radius 2 is 1.87 bits per heavy atom. The SMILES string of the molecule is Cc1cc(C)cc(N2N=C(N)CC2C)c1. The van der Waals surface area contributed by atoms with Gasteiger partial charge in [0.2, 0.25) is 0 Å². The van der Waals surface area contributed by atoms with Crippen LogP contribution in [0.4, 0.5) is 5.69 Å². The van der Waals surface area contributed by atoms with Crippen molar-refractivity contribution in [2.45, 2.75) is 33.2 Å². The van der Waals surface area contributed by atoms with Crippen molar-refractivity contribution in [1.82, 2.24) is 0 Å². The third-order valence-electron chi connectivity index (χ3n) is 2.63. The molecule has 0 fully saturated rings. The average Bonchev–Trinajstić information content (AvgIpc) is 2.43. The van der Waals surface area contributed by atoms with E-state index in [0.717, 1.165) is 17.9 Å². The molecule has 0 radical (unpaired) electrons. The molecule has 0 spiro atoms. The molecule has 1 aromatic rings. The van der Waals surface area contributed by atoms with Crippen molar-refractivity contribution >= 4 is 11.5 Å². The Morgan fingerprint density at radius 1 is 1.27 bits per heavy atom. The predicted octanol–water partition coefficient (Wildman–Crippen LogP) is 2.17. The number of nitrogens with zero attached hydrogens (tertiary/aromatic N) is 2. The van der Waals surface area contributed by atoms with Crippen LogP contribution in [0.3, 0.4) is 0 Å². The van der Waals surface area contributed by atoms with Gasteiger partial charge in [0.15, 0.2) is 0 Å². The molecule has 1 aliphatic heterocycles. The first-order valence-corrected chi connectivity index (χ1v) is 5.27. The highest BCUT2D eigenvalue weighted by molar-refractivity contribution is 5.85. The van der Waals surface area contributed by atoms with Crippen LogP contribution in [0.5, 0.6) is 0 Å². The molecule has 0 aromatic heterocycles. The van der Waals surface area contributed by atoms with Crippen LogP contribution in [0.25, 0.3) is 0 Å². The molecular weight excluding hydrogens is 186 g/mol. The van der Waals surface area contributed by atoms with Gasteiger partial charge < -0.3 is 5.73 Å². The van der Waals surface area contributed by atoms with Crippen LogP contribution in [-0.4, -0.2) is 11.9 Å². The molecule has 0 amide bonds. The standard InChI is InChI=1S/C12H17N3/c1-8-4-9(2)6-11(5-8)15-10(3)7-12(13)14-15/h4-6,10H,7H2,1-3H3,(H2,13,14). The Kier molecular flexibility index (Phi) is 2.39. The first-order valence-electron chi connectivity index (χ1n) is 5.27. The van der Waals surface area contributed by atoms with Crippen LogP contribution in [0.15, 0.2) is 23.3 Å². The number of hydrogen-bond acceptors (Lipinski definition) is 3. The number of aryl methyl sites for hydroxylation is 2. The molecule has 0 aliphatic carbocycles. The molecular formula is C12H17N3. The lowest BCUT2D eigenvalue weighted by Gasteiger charge is -2.20. The first kappa shape index (κ1) is 10.0. The van der Waals surface area contributed by atoms with Crippen LogP contribution in [0, 0.1) is 13.8 Å². The Labute approximate surface area is 90.6 Å². The molecule has 3 heteroatoms. The second-order valence-corrected chi connectivity index (χ2v) is 4.33. The zero-order valence-electron chi connectivity index (χ0n) is 9.49. The minimum atomic E-state index is 0.367. The maximum atomic E-state index is 5.74. The number of nitrogens with two attached hydrogens (primary N) is 1. The molecule has 1 aromatic carbocycles. The lowest BCUT2D eigenvalue weighted by Crippen LogP contribution is -2.23. The molecule has 2 rings (SSSR count). The molecule has 0 saturated carbocycles. The van der Waals surface area contributed by atoms with E-state index in [1.807, 2.05) is 5.01 Å². The van der Waals surface area contributed by atoms with E-state index in [4.69, 9.17) is 5.73 Å². The predicted molar refractivity (Wildman–Crippen MR) is 64.1 cm³/mol. The monoisotopic (exact) mass is 203 g/mol. The Hall–Kier alpha value is -1.51. The molecule has 0 saturated heterocycles. The van der Waals surface area contributed by atoms with Crippen molar-refractivity contribution in [1.29, 1.82) is 0 Å². The highest BCUT2D eigenvalue weighted by Crippen LogP contribution is 2.25. The summed E-state index contributed by atoms with van der Waals surface area (Å²) in [4.78, 5) is 0. The fraction of sp³-hybridized carbons (Fsp3) is 0.417. The fourth-order valence-corrected chi connectivity index (χ4v) is 2.06. The summed E-state index contributed by atoms with van der Waals surface area (Å²) in [5.41, 5.74) is 9.40. The quantitative estimate of drug-likeness (QED) is 0.760. The summed E-state index contributed by atoms with van der Waals surface area (Å²) in [7, 11) is 0. The zero-order valence-corrected chi connectivity index (χ0v) is 9.49. The summed E-state index contributed by atoms with van der Waals surface area (Å²) >= 11 is 0. The van der Waals surface area contributed by atoms with E-state index in [-0.39, 0.29) is 0 Å². The minimum absolute atomic E-state index is 0.367. The van der Waals surface area contributed by atoms with E-state index in [9.17, 15) is 0 Å². The topological polar surface area (TPSA) is 41.6 Å². The van der Waals surface area contributed by atoms with Crippen LogP contribution >= 0.6 is 0 Å². The van der Waals surface area contributed by atoms with Gasteiger partial charge in [0.05, 0.1) is 11.7 Å². The van der Waals surface area contributed by atoms with Crippen LogP contribution in [-0.2, 0) is 0 Å². The van der Waals surface area contributed by atoms with E-state index in [0.29, 0.717) is 6.04 Å². The lowest BCUT2D eigenvalue weighted by molar-refractivity contribution is 0.723. The summed E-state index contributed by atoms with van der Waals surface area (Å²) in [6.07, 6.45) is 0.854. The number of anilines is 1. The van der Waals surface area contributed by atoms with Crippen molar-refractivity contribution in [3.05, 3.63) is 29.3 Å². The molecule has 0 bridgehead atoms. The van der Waals surface area contributed by atoms with Gasteiger partial charge in [0.1, 0.15) is 5.84 Å². The normalized spacial score (nSPS) is 20.6. The number of hydrazone groups is 1. The summed E-state index contributed by atoms with van der Waals surface area (Å²) in [5, 5.41) is 6.36. The van der Waals surface area contributed by atoms with Gasteiger partial charge in [-0.15, -0.1) is 0 Å². The second-order valence-electron chi connectivity index (χ2n) is 4.33. The van der Waals surface area contributed by atoms with Crippen LogP contribution in [0.2, 0.25) is 0 Å². The van der Waals surface area contributed by atoms with Gasteiger partial charge in [0.25, 0.3) is 0 Å². The Balaban J connectivity index is 2.37. The molecule has 2 N–H and O–H groups in total. The summed E-state index contributed by atoms with van der Waals surface area (Å²) in [6.45, 7) is 6.34. The molecule has 1 atom stereocenters. The van der Waals surface area contributed by atoms with Crippen LogP contribution in [0.1, 0.15) is 24.5 Å². The van der Waals surface area contributed by atoms with Gasteiger partial charge >= 0.3 is 0 Å². The number of rotatable bonds is 1. The average molecular weight is 203 g/mol. The third-order valence-corrected chi connectivity index (χ3v) is 2.63. The van der Waals surface area contributed by atoms with E-state index in [1.165, 1.54) is 11.1 Å². The fourth-order valence-electron chi connectivity index (χ4n) is 2.06. The molecule has 1 aliphatic rings. The van der Waals surface area contributed by atoms with Gasteiger partial charge in [-0.3, -0.25) is 5.01 Å². The van der Waals surface area contributed by atoms with E-state index < -0.39 is 0 Å². The van der Waals surface area contributed by atoms with Crippen molar-refractivity contribution < 1.29 is 0 Å². The van der Waals surface area contributed by atoms with E-state index >= 15 is 0 Å².